The zero-order valence-electron chi connectivity index (χ0n) is 15.4. The van der Waals surface area contributed by atoms with Crippen LogP contribution >= 0.6 is 0 Å². The molecule has 0 saturated carbocycles. The average Bonchev–Trinajstić information content (AvgIpc) is 3.34. The summed E-state index contributed by atoms with van der Waals surface area (Å²) in [6, 6.07) is 13.6. The van der Waals surface area contributed by atoms with Crippen LogP contribution in [0, 0.1) is 5.92 Å². The normalized spacial score (nSPS) is 23.3. The Hall–Kier alpha value is -2.73. The van der Waals surface area contributed by atoms with Gasteiger partial charge in [0.15, 0.2) is 11.5 Å². The van der Waals surface area contributed by atoms with Gasteiger partial charge in [-0.3, -0.25) is 4.79 Å². The van der Waals surface area contributed by atoms with Gasteiger partial charge in [0, 0.05) is 18.5 Å². The maximum atomic E-state index is 12.8. The standard InChI is InChI=1S/C21H23NO5/c1-3-25-21(23)19-16(14-6-9-17-18(10-14)27-12-26-17)11-22-20(19)13-4-7-15(24-2)8-5-13/h4-10,16,19-20,22H,3,11-12H2,1-2H3/t16-,19+,20+/m0/s1. The van der Waals surface area contributed by atoms with Crippen molar-refractivity contribution < 1.29 is 23.7 Å². The van der Waals surface area contributed by atoms with Crippen LogP contribution in [0.4, 0.5) is 0 Å². The van der Waals surface area contributed by atoms with Crippen molar-refractivity contribution in [2.45, 2.75) is 18.9 Å². The minimum atomic E-state index is -0.321. The van der Waals surface area contributed by atoms with E-state index in [1.165, 1.54) is 0 Å². The van der Waals surface area contributed by atoms with Crippen LogP contribution in [0.25, 0.3) is 0 Å². The van der Waals surface area contributed by atoms with Gasteiger partial charge in [0.25, 0.3) is 0 Å². The van der Waals surface area contributed by atoms with Gasteiger partial charge in [-0.2, -0.15) is 0 Å². The van der Waals surface area contributed by atoms with Gasteiger partial charge in [-0.05, 0) is 42.3 Å². The fourth-order valence-corrected chi connectivity index (χ4v) is 3.88. The number of hydrogen-bond donors (Lipinski definition) is 1. The van der Waals surface area contributed by atoms with Crippen molar-refractivity contribution in [1.82, 2.24) is 5.32 Å². The highest BCUT2D eigenvalue weighted by Gasteiger charge is 2.43. The molecule has 1 saturated heterocycles. The molecule has 27 heavy (non-hydrogen) atoms. The average molecular weight is 369 g/mol. The largest absolute Gasteiger partial charge is 0.497 e. The van der Waals surface area contributed by atoms with E-state index in [1.807, 2.05) is 49.4 Å². The Bertz CT molecular complexity index is 820. The summed E-state index contributed by atoms with van der Waals surface area (Å²) in [5.74, 6) is 1.74. The molecule has 0 unspecified atom stereocenters. The van der Waals surface area contributed by atoms with Crippen molar-refractivity contribution in [3.8, 4) is 17.2 Å². The number of ether oxygens (including phenoxy) is 4. The van der Waals surface area contributed by atoms with Crippen LogP contribution in [0.15, 0.2) is 42.5 Å². The molecule has 0 amide bonds. The van der Waals surface area contributed by atoms with Gasteiger partial charge in [-0.15, -0.1) is 0 Å². The number of benzene rings is 2. The molecule has 3 atom stereocenters. The highest BCUT2D eigenvalue weighted by Crippen LogP contribution is 2.43. The number of methoxy groups -OCH3 is 1. The summed E-state index contributed by atoms with van der Waals surface area (Å²) in [5, 5.41) is 3.50. The van der Waals surface area contributed by atoms with Crippen LogP contribution in [0.2, 0.25) is 0 Å². The van der Waals surface area contributed by atoms with Crippen LogP contribution in [0.1, 0.15) is 30.0 Å². The molecule has 0 aliphatic carbocycles. The molecule has 4 rings (SSSR count). The lowest BCUT2D eigenvalue weighted by Crippen LogP contribution is -2.27. The van der Waals surface area contributed by atoms with Crippen molar-refractivity contribution >= 4 is 5.97 Å². The van der Waals surface area contributed by atoms with Crippen LogP contribution in [0.5, 0.6) is 17.2 Å². The number of carbonyl (C=O) groups is 1. The van der Waals surface area contributed by atoms with Crippen LogP contribution in [-0.4, -0.2) is 33.0 Å². The van der Waals surface area contributed by atoms with E-state index in [1.54, 1.807) is 7.11 Å². The first-order valence-corrected chi connectivity index (χ1v) is 9.14. The quantitative estimate of drug-likeness (QED) is 0.818. The van der Waals surface area contributed by atoms with E-state index >= 15 is 0 Å². The van der Waals surface area contributed by atoms with E-state index in [9.17, 15) is 4.79 Å². The highest BCUT2D eigenvalue weighted by atomic mass is 16.7. The third-order valence-corrected chi connectivity index (χ3v) is 5.21. The molecule has 2 aliphatic rings. The summed E-state index contributed by atoms with van der Waals surface area (Å²) in [5.41, 5.74) is 2.08. The fraction of sp³-hybridized carbons (Fsp3) is 0.381. The zero-order chi connectivity index (χ0) is 18.8. The minimum Gasteiger partial charge on any atom is -0.497 e. The monoisotopic (exact) mass is 369 g/mol. The third-order valence-electron chi connectivity index (χ3n) is 5.21. The van der Waals surface area contributed by atoms with Gasteiger partial charge in [0.05, 0.1) is 19.6 Å². The Balaban J connectivity index is 1.66. The number of nitrogens with one attached hydrogen (secondary N) is 1. The predicted molar refractivity (Wildman–Crippen MR) is 99.2 cm³/mol. The lowest BCUT2D eigenvalue weighted by Gasteiger charge is -2.23. The first kappa shape index (κ1) is 17.7. The SMILES string of the molecule is CCOC(=O)[C@H]1[C@@H](c2ccc(OC)cc2)NC[C@H]1c1ccc2c(c1)OCO2. The molecule has 2 aromatic rings. The number of fused-ring (bicyclic) bond motifs is 1. The molecule has 0 radical (unpaired) electrons. The summed E-state index contributed by atoms with van der Waals surface area (Å²) < 4.78 is 21.6. The van der Waals surface area contributed by atoms with E-state index in [4.69, 9.17) is 18.9 Å². The second kappa shape index (κ2) is 7.48. The van der Waals surface area contributed by atoms with Crippen molar-refractivity contribution in [2.24, 2.45) is 5.92 Å². The Labute approximate surface area is 158 Å². The van der Waals surface area contributed by atoms with Gasteiger partial charge in [-0.1, -0.05) is 18.2 Å². The number of rotatable bonds is 5. The van der Waals surface area contributed by atoms with Crippen LogP contribution in [-0.2, 0) is 9.53 Å². The predicted octanol–water partition coefficient (Wildman–Crippen LogP) is 3.03. The number of hydrogen-bond acceptors (Lipinski definition) is 6. The Morgan fingerprint density at radius 2 is 1.85 bits per heavy atom. The van der Waals surface area contributed by atoms with Crippen LogP contribution in [0.3, 0.4) is 0 Å². The fourth-order valence-electron chi connectivity index (χ4n) is 3.88. The van der Waals surface area contributed by atoms with Crippen molar-refractivity contribution in [2.75, 3.05) is 27.1 Å². The second-order valence-corrected chi connectivity index (χ2v) is 6.66. The van der Waals surface area contributed by atoms with Crippen LogP contribution < -0.4 is 19.5 Å². The van der Waals surface area contributed by atoms with Gasteiger partial charge >= 0.3 is 5.97 Å². The number of carbonyl (C=O) groups excluding carboxylic acids is 1. The molecule has 6 heteroatoms. The molecule has 2 heterocycles. The van der Waals surface area contributed by atoms with Gasteiger partial charge in [0.2, 0.25) is 6.79 Å². The Morgan fingerprint density at radius 3 is 2.59 bits per heavy atom. The first-order valence-electron chi connectivity index (χ1n) is 9.14. The third kappa shape index (κ3) is 3.32. The number of esters is 1. The summed E-state index contributed by atoms with van der Waals surface area (Å²) in [6.45, 7) is 3.11. The summed E-state index contributed by atoms with van der Waals surface area (Å²) in [7, 11) is 1.64. The van der Waals surface area contributed by atoms with Crippen molar-refractivity contribution in [1.29, 1.82) is 0 Å². The van der Waals surface area contributed by atoms with E-state index in [2.05, 4.69) is 5.32 Å². The minimum absolute atomic E-state index is 0.00866. The van der Waals surface area contributed by atoms with E-state index < -0.39 is 0 Å². The molecule has 1 fully saturated rings. The lowest BCUT2D eigenvalue weighted by atomic mass is 9.83. The molecule has 1 N–H and O–H groups in total. The molecule has 0 aromatic heterocycles. The summed E-state index contributed by atoms with van der Waals surface area (Å²) in [4.78, 5) is 12.8. The molecule has 6 nitrogen and oxygen atoms in total. The molecular weight excluding hydrogens is 346 g/mol. The van der Waals surface area contributed by atoms with E-state index in [-0.39, 0.29) is 30.6 Å². The molecular formula is C21H23NO5. The van der Waals surface area contributed by atoms with Crippen molar-refractivity contribution in [3.63, 3.8) is 0 Å². The zero-order valence-corrected chi connectivity index (χ0v) is 15.4. The maximum absolute atomic E-state index is 12.8. The summed E-state index contributed by atoms with van der Waals surface area (Å²) >= 11 is 0. The Morgan fingerprint density at radius 1 is 1.11 bits per heavy atom. The smallest absolute Gasteiger partial charge is 0.311 e. The van der Waals surface area contributed by atoms with Gasteiger partial charge < -0.3 is 24.3 Å². The second-order valence-electron chi connectivity index (χ2n) is 6.66. The van der Waals surface area contributed by atoms with Gasteiger partial charge in [0.1, 0.15) is 5.75 Å². The molecule has 142 valence electrons. The summed E-state index contributed by atoms with van der Waals surface area (Å²) in [6.07, 6.45) is 0. The molecule has 2 aliphatic heterocycles. The Kier molecular flexibility index (Phi) is 4.90. The lowest BCUT2D eigenvalue weighted by molar-refractivity contribution is -0.148. The molecule has 0 spiro atoms. The topological polar surface area (TPSA) is 66.0 Å². The van der Waals surface area contributed by atoms with Crippen molar-refractivity contribution in [3.05, 3.63) is 53.6 Å². The van der Waals surface area contributed by atoms with E-state index in [0.717, 1.165) is 28.4 Å². The maximum Gasteiger partial charge on any atom is 0.311 e. The van der Waals surface area contributed by atoms with E-state index in [0.29, 0.717) is 13.2 Å². The molecule has 2 aromatic carbocycles. The highest BCUT2D eigenvalue weighted by molar-refractivity contribution is 5.76. The molecule has 0 bridgehead atoms. The van der Waals surface area contributed by atoms with Gasteiger partial charge in [-0.25, -0.2) is 0 Å². The first-order chi connectivity index (χ1) is 13.2.